The molecular formula is C26H23NO5. The normalized spacial score (nSPS) is 17.7. The third-order valence-electron chi connectivity index (χ3n) is 5.99. The van der Waals surface area contributed by atoms with Crippen molar-refractivity contribution in [3.63, 3.8) is 0 Å². The first-order valence-corrected chi connectivity index (χ1v) is 10.8. The van der Waals surface area contributed by atoms with Crippen molar-refractivity contribution in [1.29, 1.82) is 0 Å². The summed E-state index contributed by atoms with van der Waals surface area (Å²) < 4.78 is 12.2. The van der Waals surface area contributed by atoms with Gasteiger partial charge < -0.3 is 19.9 Å². The molecule has 2 aliphatic rings. The standard InChI is InChI=1S/C26H23NO5/c1-2-3-4-9-24(29)27-16-10-12-20-22(14-16)31-23-15-17(28)11-13-21(23)26(20)19-8-6-5-7-18(19)25(30)32-26/h5-8,10-15,28H,2-4,9H2,1H3,(H,27,29). The molecule has 0 fully saturated rings. The number of phenolic OH excluding ortho intramolecular Hbond substituents is 1. The number of ether oxygens (including phenoxy) is 2. The van der Waals surface area contributed by atoms with Crippen LogP contribution in [-0.4, -0.2) is 17.0 Å². The van der Waals surface area contributed by atoms with Gasteiger partial charge in [0.1, 0.15) is 17.2 Å². The van der Waals surface area contributed by atoms with E-state index in [4.69, 9.17) is 9.47 Å². The number of carbonyl (C=O) groups excluding carboxylic acids is 2. The van der Waals surface area contributed by atoms with E-state index in [1.54, 1.807) is 36.4 Å². The van der Waals surface area contributed by atoms with Crippen molar-refractivity contribution < 1.29 is 24.2 Å². The van der Waals surface area contributed by atoms with Gasteiger partial charge in [-0.2, -0.15) is 0 Å². The Morgan fingerprint density at radius 2 is 1.72 bits per heavy atom. The van der Waals surface area contributed by atoms with Gasteiger partial charge in [-0.25, -0.2) is 4.79 Å². The summed E-state index contributed by atoms with van der Waals surface area (Å²) in [6.07, 6.45) is 3.35. The van der Waals surface area contributed by atoms with Gasteiger partial charge in [0.05, 0.1) is 5.56 Å². The van der Waals surface area contributed by atoms with Gasteiger partial charge in [0.2, 0.25) is 5.91 Å². The van der Waals surface area contributed by atoms with Crippen LogP contribution in [0.25, 0.3) is 0 Å². The van der Waals surface area contributed by atoms with E-state index < -0.39 is 11.6 Å². The number of fused-ring (bicyclic) bond motifs is 6. The molecule has 3 aromatic rings. The van der Waals surface area contributed by atoms with Gasteiger partial charge in [0.25, 0.3) is 0 Å². The number of carbonyl (C=O) groups is 2. The maximum atomic E-state index is 12.8. The summed E-state index contributed by atoms with van der Waals surface area (Å²) in [7, 11) is 0. The molecule has 2 heterocycles. The molecule has 5 rings (SSSR count). The molecule has 1 atom stereocenters. The SMILES string of the molecule is CCCCCC(=O)Nc1ccc2c(c1)Oc1cc(O)ccc1C21OC(=O)c2ccccc21. The number of esters is 1. The van der Waals surface area contributed by atoms with Gasteiger partial charge >= 0.3 is 5.97 Å². The lowest BCUT2D eigenvalue weighted by molar-refractivity contribution is -0.116. The summed E-state index contributed by atoms with van der Waals surface area (Å²) in [6, 6.07) is 17.4. The molecule has 3 aromatic carbocycles. The number of hydrogen-bond donors (Lipinski definition) is 2. The van der Waals surface area contributed by atoms with E-state index in [2.05, 4.69) is 12.2 Å². The molecule has 1 spiro atoms. The largest absolute Gasteiger partial charge is 0.508 e. The summed E-state index contributed by atoms with van der Waals surface area (Å²) in [5, 5.41) is 13.0. The monoisotopic (exact) mass is 429 g/mol. The number of anilines is 1. The van der Waals surface area contributed by atoms with Crippen molar-refractivity contribution in [2.45, 2.75) is 38.2 Å². The van der Waals surface area contributed by atoms with Crippen LogP contribution in [0.1, 0.15) is 59.7 Å². The average Bonchev–Trinajstić information content (AvgIpc) is 3.07. The van der Waals surface area contributed by atoms with E-state index in [1.165, 1.54) is 6.07 Å². The van der Waals surface area contributed by atoms with Crippen LogP contribution >= 0.6 is 0 Å². The van der Waals surface area contributed by atoms with Crippen molar-refractivity contribution in [3.05, 3.63) is 82.9 Å². The fourth-order valence-electron chi connectivity index (χ4n) is 4.50. The van der Waals surface area contributed by atoms with Crippen LogP contribution in [0.5, 0.6) is 17.2 Å². The van der Waals surface area contributed by atoms with Gasteiger partial charge in [0.15, 0.2) is 5.60 Å². The van der Waals surface area contributed by atoms with Crippen molar-refractivity contribution in [1.82, 2.24) is 0 Å². The van der Waals surface area contributed by atoms with E-state index >= 15 is 0 Å². The summed E-state index contributed by atoms with van der Waals surface area (Å²) in [5.41, 5.74) is 1.93. The first kappa shape index (κ1) is 20.1. The van der Waals surface area contributed by atoms with E-state index in [9.17, 15) is 14.7 Å². The van der Waals surface area contributed by atoms with Crippen molar-refractivity contribution in [2.75, 3.05) is 5.32 Å². The lowest BCUT2D eigenvalue weighted by Crippen LogP contribution is -2.33. The molecular weight excluding hydrogens is 406 g/mol. The Bertz CT molecular complexity index is 1230. The predicted octanol–water partition coefficient (Wildman–Crippen LogP) is 5.48. The molecule has 2 aliphatic heterocycles. The van der Waals surface area contributed by atoms with E-state index in [-0.39, 0.29) is 11.7 Å². The minimum Gasteiger partial charge on any atom is -0.508 e. The minimum absolute atomic E-state index is 0.0420. The average molecular weight is 429 g/mol. The molecule has 0 aromatic heterocycles. The molecule has 0 bridgehead atoms. The quantitative estimate of drug-likeness (QED) is 0.414. The molecule has 0 aliphatic carbocycles. The summed E-state index contributed by atoms with van der Waals surface area (Å²) in [6.45, 7) is 2.10. The third kappa shape index (κ3) is 3.11. The van der Waals surface area contributed by atoms with Crippen molar-refractivity contribution >= 4 is 17.6 Å². The second kappa shape index (κ2) is 7.71. The van der Waals surface area contributed by atoms with Gasteiger partial charge in [-0.1, -0.05) is 38.0 Å². The Balaban J connectivity index is 1.60. The fraction of sp³-hybridized carbons (Fsp3) is 0.231. The molecule has 0 radical (unpaired) electrons. The number of rotatable bonds is 5. The third-order valence-corrected chi connectivity index (χ3v) is 5.99. The first-order chi connectivity index (χ1) is 15.5. The molecule has 6 nitrogen and oxygen atoms in total. The van der Waals surface area contributed by atoms with Gasteiger partial charge in [-0.15, -0.1) is 0 Å². The number of nitrogens with one attached hydrogen (secondary N) is 1. The zero-order valence-corrected chi connectivity index (χ0v) is 17.7. The summed E-state index contributed by atoms with van der Waals surface area (Å²) >= 11 is 0. The summed E-state index contributed by atoms with van der Waals surface area (Å²) in [4.78, 5) is 25.1. The minimum atomic E-state index is -1.19. The Labute approximate surface area is 185 Å². The molecule has 1 unspecified atom stereocenters. The maximum absolute atomic E-state index is 12.8. The fourth-order valence-corrected chi connectivity index (χ4v) is 4.50. The molecule has 0 saturated heterocycles. The van der Waals surface area contributed by atoms with Crippen LogP contribution in [0, 0.1) is 0 Å². The van der Waals surface area contributed by atoms with Crippen molar-refractivity contribution in [2.24, 2.45) is 0 Å². The summed E-state index contributed by atoms with van der Waals surface area (Å²) in [5.74, 6) is 0.424. The Kier molecular flexibility index (Phi) is 4.85. The smallest absolute Gasteiger partial charge is 0.340 e. The second-order valence-electron chi connectivity index (χ2n) is 8.12. The van der Waals surface area contributed by atoms with Crippen LogP contribution < -0.4 is 10.1 Å². The van der Waals surface area contributed by atoms with Crippen LogP contribution in [-0.2, 0) is 15.1 Å². The molecule has 0 saturated carbocycles. The Hall–Kier alpha value is -3.80. The molecule has 1 amide bonds. The zero-order valence-electron chi connectivity index (χ0n) is 17.7. The second-order valence-corrected chi connectivity index (χ2v) is 8.12. The van der Waals surface area contributed by atoms with Gasteiger partial charge in [-0.3, -0.25) is 4.79 Å². The topological polar surface area (TPSA) is 84.9 Å². The van der Waals surface area contributed by atoms with E-state index in [1.807, 2.05) is 18.2 Å². The zero-order chi connectivity index (χ0) is 22.3. The first-order valence-electron chi connectivity index (χ1n) is 10.8. The maximum Gasteiger partial charge on any atom is 0.340 e. The number of amides is 1. The molecule has 6 heteroatoms. The van der Waals surface area contributed by atoms with Crippen LogP contribution in [0.2, 0.25) is 0 Å². The van der Waals surface area contributed by atoms with Gasteiger partial charge in [-0.05, 0) is 36.8 Å². The lowest BCUT2D eigenvalue weighted by Gasteiger charge is -2.36. The van der Waals surface area contributed by atoms with Crippen LogP contribution in [0.15, 0.2) is 60.7 Å². The highest BCUT2D eigenvalue weighted by molar-refractivity contribution is 5.97. The Morgan fingerprint density at radius 3 is 2.53 bits per heavy atom. The highest BCUT2D eigenvalue weighted by Gasteiger charge is 2.53. The predicted molar refractivity (Wildman–Crippen MR) is 119 cm³/mol. The molecule has 162 valence electrons. The highest BCUT2D eigenvalue weighted by Crippen LogP contribution is 2.56. The molecule has 32 heavy (non-hydrogen) atoms. The molecule has 2 N–H and O–H groups in total. The highest BCUT2D eigenvalue weighted by atomic mass is 16.6. The number of phenols is 1. The lowest BCUT2D eigenvalue weighted by atomic mass is 9.77. The van der Waals surface area contributed by atoms with Crippen molar-refractivity contribution in [3.8, 4) is 17.2 Å². The van der Waals surface area contributed by atoms with Crippen LogP contribution in [0.4, 0.5) is 5.69 Å². The number of benzene rings is 3. The van der Waals surface area contributed by atoms with E-state index in [0.29, 0.717) is 40.3 Å². The van der Waals surface area contributed by atoms with Gasteiger partial charge in [0, 0.05) is 40.9 Å². The number of hydrogen-bond acceptors (Lipinski definition) is 5. The van der Waals surface area contributed by atoms with E-state index in [0.717, 1.165) is 24.8 Å². The number of unbranched alkanes of at least 4 members (excludes halogenated alkanes) is 2. The Morgan fingerprint density at radius 1 is 0.969 bits per heavy atom. The van der Waals surface area contributed by atoms with Crippen LogP contribution in [0.3, 0.4) is 0 Å². The number of aromatic hydroxyl groups is 1.